The average Bonchev–Trinajstić information content (AvgIpc) is 3.56. The largest absolute Gasteiger partial charge is 0.335 e. The van der Waals surface area contributed by atoms with Gasteiger partial charge < -0.3 is 14.7 Å². The Morgan fingerprint density at radius 1 is 0.508 bits per heavy atom. The molecule has 5 aliphatic heterocycles. The third-order valence-corrected chi connectivity index (χ3v) is 18.6. The van der Waals surface area contributed by atoms with Crippen LogP contribution >= 0.6 is 0 Å². The van der Waals surface area contributed by atoms with Crippen LogP contribution in [-0.4, -0.2) is 17.8 Å². The molecule has 5 aromatic rings. The summed E-state index contributed by atoms with van der Waals surface area (Å²) in [4.78, 5) is 8.59. The SMILES string of the molecule is CC(C)(C)c1cc2c3c(c1)C1(C)CCCCC1(C)N3c1cc(N3c4ccccc4C(C)(C)c4ccccc43)cc3c1B2c1ccc(C(C)(C)C)c2c1N3C1(C)CCCCC21C. The van der Waals surface area contributed by atoms with Gasteiger partial charge in [0, 0.05) is 39.0 Å². The minimum absolute atomic E-state index is 0.0237. The monoisotopic (exact) mass is 804 g/mol. The normalized spacial score (nSPS) is 28.4. The van der Waals surface area contributed by atoms with Crippen LogP contribution in [0.1, 0.15) is 168 Å². The van der Waals surface area contributed by atoms with Gasteiger partial charge in [0.05, 0.1) is 28.1 Å². The van der Waals surface area contributed by atoms with E-state index in [1.807, 2.05) is 0 Å². The van der Waals surface area contributed by atoms with Crippen LogP contribution in [0.5, 0.6) is 0 Å². The zero-order valence-electron chi connectivity index (χ0n) is 39.2. The fourth-order valence-electron chi connectivity index (χ4n) is 14.9. The number of anilines is 7. The minimum atomic E-state index is -0.119. The van der Waals surface area contributed by atoms with E-state index in [1.54, 1.807) is 27.6 Å². The molecule has 61 heavy (non-hydrogen) atoms. The lowest BCUT2D eigenvalue weighted by Gasteiger charge is -2.55. The Balaban J connectivity index is 1.26. The maximum Gasteiger partial charge on any atom is 0.252 e. The van der Waals surface area contributed by atoms with Crippen molar-refractivity contribution in [2.45, 2.75) is 173 Å². The summed E-state index contributed by atoms with van der Waals surface area (Å²) in [5, 5.41) is 0. The van der Waals surface area contributed by atoms with Gasteiger partial charge in [-0.05, 0) is 124 Å². The number of hydrogen-bond donors (Lipinski definition) is 0. The Hall–Kier alpha value is -4.44. The first-order valence-electron chi connectivity index (χ1n) is 23.9. The average molecular weight is 804 g/mol. The first kappa shape index (κ1) is 38.3. The zero-order valence-corrected chi connectivity index (χ0v) is 39.2. The predicted molar refractivity (Wildman–Crippen MR) is 261 cm³/mol. The molecule has 0 saturated heterocycles. The highest BCUT2D eigenvalue weighted by Gasteiger charge is 2.65. The maximum absolute atomic E-state index is 2.98. The molecule has 5 aromatic carbocycles. The molecule has 2 saturated carbocycles. The molecule has 4 unspecified atom stereocenters. The summed E-state index contributed by atoms with van der Waals surface area (Å²) >= 11 is 0. The highest BCUT2D eigenvalue weighted by Crippen LogP contribution is 2.67. The number of para-hydroxylation sites is 2. The lowest BCUT2D eigenvalue weighted by atomic mass is 9.33. The van der Waals surface area contributed by atoms with Gasteiger partial charge >= 0.3 is 0 Å². The second-order valence-electron chi connectivity index (χ2n) is 24.0. The molecule has 12 rings (SSSR count). The van der Waals surface area contributed by atoms with Crippen LogP contribution < -0.4 is 31.1 Å². The number of nitrogens with zero attached hydrogens (tertiary/aromatic N) is 3. The molecular weight excluding hydrogens is 737 g/mol. The number of benzene rings is 5. The van der Waals surface area contributed by atoms with Crippen molar-refractivity contribution in [3.05, 3.63) is 118 Å². The topological polar surface area (TPSA) is 9.72 Å². The van der Waals surface area contributed by atoms with E-state index in [4.69, 9.17) is 0 Å². The molecule has 4 atom stereocenters. The number of rotatable bonds is 1. The van der Waals surface area contributed by atoms with Crippen molar-refractivity contribution >= 4 is 62.9 Å². The van der Waals surface area contributed by atoms with Crippen LogP contribution in [0.4, 0.5) is 39.8 Å². The first-order chi connectivity index (χ1) is 28.8. The van der Waals surface area contributed by atoms with Gasteiger partial charge in [-0.3, -0.25) is 0 Å². The molecule has 2 fully saturated rings. The summed E-state index contributed by atoms with van der Waals surface area (Å²) in [6.45, 7) is 30.3. The quantitative estimate of drug-likeness (QED) is 0.156. The van der Waals surface area contributed by atoms with Gasteiger partial charge in [0.2, 0.25) is 0 Å². The smallest absolute Gasteiger partial charge is 0.252 e. The van der Waals surface area contributed by atoms with Crippen molar-refractivity contribution in [2.75, 3.05) is 14.7 Å². The molecule has 3 nitrogen and oxygen atoms in total. The van der Waals surface area contributed by atoms with Crippen molar-refractivity contribution in [1.29, 1.82) is 0 Å². The van der Waals surface area contributed by atoms with E-state index in [1.165, 1.54) is 113 Å². The lowest BCUT2D eigenvalue weighted by Crippen LogP contribution is -2.66. The Morgan fingerprint density at radius 2 is 1.05 bits per heavy atom. The highest BCUT2D eigenvalue weighted by atomic mass is 15.3. The molecule has 0 radical (unpaired) electrons. The second kappa shape index (κ2) is 11.6. The van der Waals surface area contributed by atoms with E-state index >= 15 is 0 Å². The van der Waals surface area contributed by atoms with Crippen LogP contribution in [0.15, 0.2) is 84.9 Å². The van der Waals surface area contributed by atoms with Crippen molar-refractivity contribution in [3.8, 4) is 0 Å². The molecule has 0 aromatic heterocycles. The standard InChI is InChI=1S/C57H66BN3/c1-51(2,3)35-31-40-49-42(32-35)58-41-26-25-39(52(4,5)6)47-50(41)61(57(12)30-20-18-28-55(47,57)10)46-34-36(33-45(48(46)58)60(49)56(11)29-19-17-27-54(40,56)9)59-43-23-15-13-21-37(43)53(7,8)38-22-14-16-24-44(38)59/h13-16,21-26,31-34H,17-20,27-30H2,1-12H3. The van der Waals surface area contributed by atoms with Gasteiger partial charge in [0.1, 0.15) is 0 Å². The minimum Gasteiger partial charge on any atom is -0.335 e. The van der Waals surface area contributed by atoms with E-state index in [2.05, 4.69) is 183 Å². The summed E-state index contributed by atoms with van der Waals surface area (Å²) in [6.07, 6.45) is 9.98. The van der Waals surface area contributed by atoms with Gasteiger partial charge in [-0.15, -0.1) is 0 Å². The highest BCUT2D eigenvalue weighted by molar-refractivity contribution is 7.00. The van der Waals surface area contributed by atoms with Gasteiger partial charge in [0.15, 0.2) is 0 Å². The summed E-state index contributed by atoms with van der Waals surface area (Å²) in [5.41, 5.74) is 23.4. The third kappa shape index (κ3) is 4.39. The van der Waals surface area contributed by atoms with Gasteiger partial charge in [-0.25, -0.2) is 0 Å². The summed E-state index contributed by atoms with van der Waals surface area (Å²) < 4.78 is 0. The number of hydrogen-bond acceptors (Lipinski definition) is 3. The Bertz CT molecular complexity index is 2710. The third-order valence-electron chi connectivity index (χ3n) is 18.6. The Kier molecular flexibility index (Phi) is 7.26. The van der Waals surface area contributed by atoms with Gasteiger partial charge in [-0.1, -0.05) is 156 Å². The zero-order chi connectivity index (χ0) is 42.6. The van der Waals surface area contributed by atoms with Crippen LogP contribution in [0.3, 0.4) is 0 Å². The van der Waals surface area contributed by atoms with E-state index in [0.717, 1.165) is 0 Å². The van der Waals surface area contributed by atoms with Crippen molar-refractivity contribution in [3.63, 3.8) is 0 Å². The fraction of sp³-hybridized carbons (Fsp3) is 0.474. The fourth-order valence-corrected chi connectivity index (χ4v) is 14.9. The van der Waals surface area contributed by atoms with E-state index < -0.39 is 0 Å². The van der Waals surface area contributed by atoms with E-state index in [9.17, 15) is 0 Å². The first-order valence-corrected chi connectivity index (χ1v) is 23.9. The maximum atomic E-state index is 2.98. The molecule has 0 N–H and O–H groups in total. The van der Waals surface area contributed by atoms with E-state index in [0.29, 0.717) is 0 Å². The Morgan fingerprint density at radius 3 is 1.64 bits per heavy atom. The molecule has 0 amide bonds. The second-order valence-corrected chi connectivity index (χ2v) is 24.0. The molecule has 0 bridgehead atoms. The van der Waals surface area contributed by atoms with Crippen LogP contribution in [0, 0.1) is 0 Å². The lowest BCUT2D eigenvalue weighted by molar-refractivity contribution is 0.192. The molecule has 7 aliphatic rings. The summed E-state index contributed by atoms with van der Waals surface area (Å²) in [6, 6.07) is 34.4. The summed E-state index contributed by atoms with van der Waals surface area (Å²) in [5.74, 6) is 0. The van der Waals surface area contributed by atoms with Crippen LogP contribution in [0.2, 0.25) is 0 Å². The van der Waals surface area contributed by atoms with Crippen LogP contribution in [0.25, 0.3) is 0 Å². The summed E-state index contributed by atoms with van der Waals surface area (Å²) in [7, 11) is 0. The van der Waals surface area contributed by atoms with Crippen molar-refractivity contribution in [1.82, 2.24) is 0 Å². The molecular formula is C57H66BN3. The molecule has 2 aliphatic carbocycles. The van der Waals surface area contributed by atoms with Gasteiger partial charge in [-0.2, -0.15) is 0 Å². The Labute approximate surface area is 367 Å². The van der Waals surface area contributed by atoms with Crippen molar-refractivity contribution in [2.24, 2.45) is 0 Å². The van der Waals surface area contributed by atoms with Crippen molar-refractivity contribution < 1.29 is 0 Å². The van der Waals surface area contributed by atoms with Crippen LogP contribution in [-0.2, 0) is 27.1 Å². The predicted octanol–water partition coefficient (Wildman–Crippen LogP) is 13.0. The van der Waals surface area contributed by atoms with Gasteiger partial charge in [0.25, 0.3) is 6.71 Å². The van der Waals surface area contributed by atoms with E-state index in [-0.39, 0.29) is 44.9 Å². The molecule has 312 valence electrons. The molecule has 5 heterocycles. The molecule has 0 spiro atoms. The molecule has 4 heteroatoms. The number of fused-ring (bicyclic) bond motifs is 12.